The van der Waals surface area contributed by atoms with Gasteiger partial charge in [0.2, 0.25) is 0 Å². The molecule has 0 radical (unpaired) electrons. The number of pyridine rings is 1. The number of para-hydroxylation sites is 1. The Bertz CT molecular complexity index is 950. The Hall–Kier alpha value is -1.86. The van der Waals surface area contributed by atoms with E-state index < -0.39 is 17.9 Å². The third kappa shape index (κ3) is 5.56. The summed E-state index contributed by atoms with van der Waals surface area (Å²) < 4.78 is 0. The molecule has 132 valence electrons. The molecule has 0 fully saturated rings. The quantitative estimate of drug-likeness (QED) is 0.441. The van der Waals surface area contributed by atoms with E-state index in [9.17, 15) is 14.7 Å². The molecule has 0 aliphatic carbocycles. The number of hydrogen-bond donors (Lipinski definition) is 1. The number of nitrogens with one attached hydrogen (secondary N) is 1. The van der Waals surface area contributed by atoms with E-state index in [2.05, 4.69) is 10.3 Å². The molecule has 7 heteroatoms. The van der Waals surface area contributed by atoms with Crippen LogP contribution < -0.4 is 40.0 Å². The molecule has 3 aromatic rings. The van der Waals surface area contributed by atoms with Crippen molar-refractivity contribution in [3.63, 3.8) is 0 Å². The van der Waals surface area contributed by atoms with E-state index in [1.54, 1.807) is 30.3 Å². The predicted octanol–water partition coefficient (Wildman–Crippen LogP) is -0.812. The number of carboxylic acids is 1. The maximum absolute atomic E-state index is 12.2. The Kier molecular flexibility index (Phi) is 7.86. The van der Waals surface area contributed by atoms with Crippen LogP contribution in [0.2, 0.25) is 0 Å². The minimum Gasteiger partial charge on any atom is -0.548 e. The number of nitrogens with zero attached hydrogens (tertiary/aromatic N) is 1. The number of benzene rings is 2. The molecule has 3 rings (SSSR count). The number of rotatable bonds is 6. The monoisotopic (exact) mass is 388 g/mol. The van der Waals surface area contributed by atoms with E-state index in [4.69, 9.17) is 0 Å². The molecule has 1 amide bonds. The minimum absolute atomic E-state index is 0. The van der Waals surface area contributed by atoms with Crippen molar-refractivity contribution in [2.75, 3.05) is 5.75 Å². The summed E-state index contributed by atoms with van der Waals surface area (Å²) in [7, 11) is 0. The molecule has 2 aromatic carbocycles. The number of carbonyl (C=O) groups excluding carboxylic acids is 2. The third-order valence-corrected chi connectivity index (χ3v) is 4.99. The first-order valence-electron chi connectivity index (χ1n) is 8.10. The normalized spacial score (nSPS) is 11.4. The first kappa shape index (κ1) is 21.4. The summed E-state index contributed by atoms with van der Waals surface area (Å²) in [6.07, 6.45) is 0. The van der Waals surface area contributed by atoms with E-state index in [0.29, 0.717) is 5.56 Å². The van der Waals surface area contributed by atoms with Crippen LogP contribution in [0.3, 0.4) is 0 Å². The zero-order valence-corrected chi connectivity index (χ0v) is 18.0. The molecule has 0 bridgehead atoms. The summed E-state index contributed by atoms with van der Waals surface area (Å²) in [4.78, 5) is 29.1. The summed E-state index contributed by atoms with van der Waals surface area (Å²) in [6, 6.07) is 17.0. The topological polar surface area (TPSA) is 82.1 Å². The van der Waals surface area contributed by atoms with E-state index in [1.807, 2.05) is 37.3 Å². The van der Waals surface area contributed by atoms with Gasteiger partial charge in [0.25, 0.3) is 5.91 Å². The van der Waals surface area contributed by atoms with E-state index in [0.717, 1.165) is 21.5 Å². The van der Waals surface area contributed by atoms with Crippen LogP contribution in [-0.2, 0) is 4.79 Å². The summed E-state index contributed by atoms with van der Waals surface area (Å²) in [5.41, 5.74) is 2.12. The van der Waals surface area contributed by atoms with Crippen LogP contribution in [-0.4, -0.2) is 28.7 Å². The predicted molar refractivity (Wildman–Crippen MR) is 99.9 cm³/mol. The summed E-state index contributed by atoms with van der Waals surface area (Å²) >= 11 is 1.36. The van der Waals surface area contributed by atoms with Crippen LogP contribution in [0.15, 0.2) is 65.6 Å². The molecular formula is C20H17N2NaO3S. The molecule has 1 atom stereocenters. The second kappa shape index (κ2) is 9.90. The van der Waals surface area contributed by atoms with Crippen LogP contribution in [0.5, 0.6) is 0 Å². The van der Waals surface area contributed by atoms with Crippen molar-refractivity contribution < 1.29 is 44.3 Å². The van der Waals surface area contributed by atoms with E-state index in [-0.39, 0.29) is 35.3 Å². The number of aromatic nitrogens is 1. The fourth-order valence-corrected chi connectivity index (χ4v) is 3.71. The maximum Gasteiger partial charge on any atom is 1.00 e. The van der Waals surface area contributed by atoms with Crippen molar-refractivity contribution in [1.29, 1.82) is 0 Å². The molecule has 0 aliphatic rings. The molecular weight excluding hydrogens is 371 g/mol. The van der Waals surface area contributed by atoms with Gasteiger partial charge in [-0.15, -0.1) is 11.8 Å². The zero-order chi connectivity index (χ0) is 18.5. The van der Waals surface area contributed by atoms with Gasteiger partial charge < -0.3 is 15.2 Å². The average molecular weight is 388 g/mol. The van der Waals surface area contributed by atoms with Crippen molar-refractivity contribution >= 4 is 34.5 Å². The van der Waals surface area contributed by atoms with Gasteiger partial charge in [0.1, 0.15) is 0 Å². The Morgan fingerprint density at radius 1 is 1.11 bits per heavy atom. The Labute approximate surface area is 183 Å². The molecule has 1 aromatic heterocycles. The van der Waals surface area contributed by atoms with Gasteiger partial charge in [-0.2, -0.15) is 0 Å². The Morgan fingerprint density at radius 2 is 1.78 bits per heavy atom. The summed E-state index contributed by atoms with van der Waals surface area (Å²) in [5.74, 6) is -1.58. The summed E-state index contributed by atoms with van der Waals surface area (Å²) in [5, 5.41) is 14.9. The second-order valence-electron chi connectivity index (χ2n) is 5.80. The Morgan fingerprint density at radius 3 is 2.48 bits per heavy atom. The van der Waals surface area contributed by atoms with Gasteiger partial charge in [-0.1, -0.05) is 36.4 Å². The third-order valence-electron chi connectivity index (χ3n) is 3.84. The molecule has 1 heterocycles. The number of hydrogen-bond acceptors (Lipinski definition) is 5. The van der Waals surface area contributed by atoms with Crippen LogP contribution in [0.1, 0.15) is 16.1 Å². The number of carboxylic acid groups (broad SMARTS) is 1. The first-order valence-corrected chi connectivity index (χ1v) is 9.09. The largest absolute Gasteiger partial charge is 1.00 e. The molecule has 1 N–H and O–H groups in total. The van der Waals surface area contributed by atoms with Crippen molar-refractivity contribution in [3.8, 4) is 0 Å². The summed E-state index contributed by atoms with van der Waals surface area (Å²) in [6.45, 7) is 1.89. The number of fused-ring (bicyclic) bond motifs is 1. The maximum atomic E-state index is 12.2. The van der Waals surface area contributed by atoms with Gasteiger partial charge in [0, 0.05) is 27.3 Å². The Balaban J connectivity index is 0.00000261. The molecule has 5 nitrogen and oxygen atoms in total. The fraction of sp³-hybridized carbons (Fsp3) is 0.150. The van der Waals surface area contributed by atoms with Crippen LogP contribution >= 0.6 is 11.8 Å². The van der Waals surface area contributed by atoms with Gasteiger partial charge in [-0.3, -0.25) is 9.78 Å². The number of amides is 1. The molecule has 1 unspecified atom stereocenters. The second-order valence-corrected chi connectivity index (χ2v) is 6.86. The van der Waals surface area contributed by atoms with Crippen LogP contribution in [0.4, 0.5) is 0 Å². The smallest absolute Gasteiger partial charge is 0.548 e. The van der Waals surface area contributed by atoms with Crippen molar-refractivity contribution in [1.82, 2.24) is 10.3 Å². The molecule has 0 spiro atoms. The first-order chi connectivity index (χ1) is 12.5. The van der Waals surface area contributed by atoms with E-state index in [1.165, 1.54) is 11.8 Å². The number of aryl methyl sites for hydroxylation is 1. The van der Waals surface area contributed by atoms with Gasteiger partial charge in [0.15, 0.2) is 0 Å². The number of aliphatic carboxylic acids is 1. The van der Waals surface area contributed by atoms with Crippen molar-refractivity contribution in [3.05, 3.63) is 71.9 Å². The van der Waals surface area contributed by atoms with Crippen LogP contribution in [0, 0.1) is 6.92 Å². The van der Waals surface area contributed by atoms with Gasteiger partial charge in [0.05, 0.1) is 17.5 Å². The van der Waals surface area contributed by atoms with Gasteiger partial charge in [-0.05, 0) is 31.2 Å². The molecule has 0 aliphatic heterocycles. The fourth-order valence-electron chi connectivity index (χ4n) is 2.56. The number of carbonyl (C=O) groups is 2. The molecule has 0 saturated heterocycles. The molecule has 0 saturated carbocycles. The molecule has 27 heavy (non-hydrogen) atoms. The standard InChI is InChI=1S/C20H18N2O3S.Na/c1-13-11-18(15-9-5-6-10-16(15)21-13)26-12-17(20(24)25)22-19(23)14-7-3-2-4-8-14;/h2-11,17H,12H2,1H3,(H,22,23)(H,24,25);/q;+1/p-1. The van der Waals surface area contributed by atoms with Gasteiger partial charge in [-0.25, -0.2) is 0 Å². The van der Waals surface area contributed by atoms with Crippen molar-refractivity contribution in [2.24, 2.45) is 0 Å². The zero-order valence-electron chi connectivity index (χ0n) is 15.1. The SMILES string of the molecule is Cc1cc(SCC(NC(=O)c2ccccc2)C(=O)[O-])c2ccccc2n1.[Na+]. The van der Waals surface area contributed by atoms with Crippen molar-refractivity contribution in [2.45, 2.75) is 17.9 Å². The number of thioether (sulfide) groups is 1. The minimum atomic E-state index is -1.31. The van der Waals surface area contributed by atoms with E-state index >= 15 is 0 Å². The van der Waals surface area contributed by atoms with Crippen LogP contribution in [0.25, 0.3) is 10.9 Å². The average Bonchev–Trinajstić information content (AvgIpc) is 2.65. The van der Waals surface area contributed by atoms with Gasteiger partial charge >= 0.3 is 29.6 Å².